The number of anilines is 1. The molecule has 0 spiro atoms. The Morgan fingerprint density at radius 2 is 1.81 bits per heavy atom. The lowest BCUT2D eigenvalue weighted by atomic mass is 10.0. The molecule has 0 aliphatic carbocycles. The largest absolute Gasteiger partial charge is 0.489 e. The topological polar surface area (TPSA) is 38.5 Å². The molecule has 1 saturated heterocycles. The highest BCUT2D eigenvalue weighted by molar-refractivity contribution is 5.97. The minimum absolute atomic E-state index is 0.178. The van der Waals surface area contributed by atoms with Gasteiger partial charge in [0.05, 0.1) is 11.8 Å². The molecule has 3 heteroatoms. The van der Waals surface area contributed by atoms with Gasteiger partial charge in [0.1, 0.15) is 5.75 Å². The monoisotopic (exact) mass is 284 g/mol. The molecule has 0 aromatic heterocycles. The number of benzene rings is 2. The molecule has 1 aliphatic rings. The molecule has 3 rings (SSSR count). The fourth-order valence-corrected chi connectivity index (χ4v) is 3.03. The molecule has 0 saturated carbocycles. The molecule has 21 heavy (non-hydrogen) atoms. The van der Waals surface area contributed by atoms with Crippen molar-refractivity contribution in [1.82, 2.24) is 0 Å². The van der Waals surface area contributed by atoms with Crippen LogP contribution < -0.4 is 15.4 Å². The first-order chi connectivity index (χ1) is 10.1. The van der Waals surface area contributed by atoms with Gasteiger partial charge in [0.15, 0.2) is 0 Å². The van der Waals surface area contributed by atoms with Crippen LogP contribution >= 0.6 is 0 Å². The van der Waals surface area contributed by atoms with Crippen LogP contribution in [0, 0.1) is 0 Å². The molecule has 3 nitrogen and oxygen atoms in total. The number of piperidine rings is 1. The highest BCUT2D eigenvalue weighted by atomic mass is 16.5. The van der Waals surface area contributed by atoms with E-state index >= 15 is 0 Å². The van der Waals surface area contributed by atoms with E-state index in [-0.39, 0.29) is 6.10 Å². The highest BCUT2D eigenvalue weighted by Gasteiger charge is 2.21. The molecule has 0 radical (unpaired) electrons. The molecule has 2 aromatic carbocycles. The van der Waals surface area contributed by atoms with Gasteiger partial charge in [0.25, 0.3) is 0 Å². The number of nitrogens with zero attached hydrogens (tertiary/aromatic N) is 1. The molecule has 1 fully saturated rings. The van der Waals surface area contributed by atoms with Crippen LogP contribution in [0.1, 0.15) is 26.7 Å². The van der Waals surface area contributed by atoms with Gasteiger partial charge in [-0.25, -0.2) is 0 Å². The Kier molecular flexibility index (Phi) is 4.02. The summed E-state index contributed by atoms with van der Waals surface area (Å²) in [4.78, 5) is 2.43. The normalized spacial score (nSPS) is 16.7. The Labute approximate surface area is 126 Å². The van der Waals surface area contributed by atoms with Crippen LogP contribution in [0.2, 0.25) is 0 Å². The van der Waals surface area contributed by atoms with Crippen molar-refractivity contribution >= 4 is 16.5 Å². The second-order valence-electron chi connectivity index (χ2n) is 6.12. The molecule has 0 bridgehead atoms. The van der Waals surface area contributed by atoms with Gasteiger partial charge in [0.2, 0.25) is 0 Å². The van der Waals surface area contributed by atoms with Gasteiger partial charge < -0.3 is 15.4 Å². The van der Waals surface area contributed by atoms with Crippen molar-refractivity contribution < 1.29 is 4.74 Å². The SMILES string of the molecule is CC(C)Oc1ccc2ccccc2c1N1CCC(N)CC1. The van der Waals surface area contributed by atoms with Crippen molar-refractivity contribution in [3.63, 3.8) is 0 Å². The Balaban J connectivity index is 2.07. The number of ether oxygens (including phenoxy) is 1. The fraction of sp³-hybridized carbons (Fsp3) is 0.444. The Bertz CT molecular complexity index is 616. The zero-order valence-electron chi connectivity index (χ0n) is 12.9. The predicted octanol–water partition coefficient (Wildman–Crippen LogP) is 3.55. The smallest absolute Gasteiger partial charge is 0.143 e. The summed E-state index contributed by atoms with van der Waals surface area (Å²) in [6.45, 7) is 6.16. The zero-order valence-corrected chi connectivity index (χ0v) is 12.9. The molecular weight excluding hydrogens is 260 g/mol. The van der Waals surface area contributed by atoms with Gasteiger partial charge in [-0.2, -0.15) is 0 Å². The van der Waals surface area contributed by atoms with E-state index < -0.39 is 0 Å². The summed E-state index contributed by atoms with van der Waals surface area (Å²) in [6, 6.07) is 13.1. The predicted molar refractivity (Wildman–Crippen MR) is 89.1 cm³/mol. The highest BCUT2D eigenvalue weighted by Crippen LogP contribution is 2.38. The number of nitrogens with two attached hydrogens (primary N) is 1. The van der Waals surface area contributed by atoms with Gasteiger partial charge in [-0.05, 0) is 38.1 Å². The van der Waals surface area contributed by atoms with E-state index in [0.717, 1.165) is 31.7 Å². The van der Waals surface area contributed by atoms with E-state index in [0.29, 0.717) is 6.04 Å². The molecule has 2 N–H and O–H groups in total. The average Bonchev–Trinajstić information content (AvgIpc) is 2.48. The van der Waals surface area contributed by atoms with Crippen molar-refractivity contribution in [2.45, 2.75) is 38.8 Å². The maximum atomic E-state index is 6.06. The van der Waals surface area contributed by atoms with Crippen LogP contribution in [0.15, 0.2) is 36.4 Å². The molecule has 2 aromatic rings. The molecule has 0 amide bonds. The van der Waals surface area contributed by atoms with E-state index in [4.69, 9.17) is 10.5 Å². The van der Waals surface area contributed by atoms with Crippen molar-refractivity contribution in [3.8, 4) is 5.75 Å². The van der Waals surface area contributed by atoms with E-state index in [9.17, 15) is 0 Å². The minimum Gasteiger partial charge on any atom is -0.489 e. The molecular formula is C18H24N2O. The van der Waals surface area contributed by atoms with Crippen LogP contribution in [0.4, 0.5) is 5.69 Å². The second-order valence-corrected chi connectivity index (χ2v) is 6.12. The summed E-state index contributed by atoms with van der Waals surface area (Å²) >= 11 is 0. The molecule has 1 heterocycles. The lowest BCUT2D eigenvalue weighted by molar-refractivity contribution is 0.243. The van der Waals surface area contributed by atoms with Crippen LogP contribution in [-0.2, 0) is 0 Å². The van der Waals surface area contributed by atoms with Crippen molar-refractivity contribution in [3.05, 3.63) is 36.4 Å². The van der Waals surface area contributed by atoms with E-state index in [1.807, 2.05) is 0 Å². The maximum absolute atomic E-state index is 6.06. The van der Waals surface area contributed by atoms with Gasteiger partial charge in [0, 0.05) is 24.5 Å². The van der Waals surface area contributed by atoms with Gasteiger partial charge >= 0.3 is 0 Å². The van der Waals surface area contributed by atoms with Crippen molar-refractivity contribution in [1.29, 1.82) is 0 Å². The quantitative estimate of drug-likeness (QED) is 0.936. The second kappa shape index (κ2) is 5.94. The molecule has 0 atom stereocenters. The fourth-order valence-electron chi connectivity index (χ4n) is 3.03. The van der Waals surface area contributed by atoms with Gasteiger partial charge in [-0.3, -0.25) is 0 Å². The number of fused-ring (bicyclic) bond motifs is 1. The zero-order chi connectivity index (χ0) is 14.8. The first kappa shape index (κ1) is 14.2. The molecule has 112 valence electrons. The maximum Gasteiger partial charge on any atom is 0.143 e. The number of rotatable bonds is 3. The van der Waals surface area contributed by atoms with Crippen molar-refractivity contribution in [2.75, 3.05) is 18.0 Å². The average molecular weight is 284 g/mol. The summed E-state index contributed by atoms with van der Waals surface area (Å²) in [5, 5.41) is 2.53. The molecule has 1 aliphatic heterocycles. The Morgan fingerprint density at radius 1 is 1.10 bits per heavy atom. The van der Waals surface area contributed by atoms with E-state index in [1.54, 1.807) is 0 Å². The number of hydrogen-bond donors (Lipinski definition) is 1. The summed E-state index contributed by atoms with van der Waals surface area (Å²) in [6.07, 6.45) is 2.27. The summed E-state index contributed by atoms with van der Waals surface area (Å²) < 4.78 is 6.06. The lowest BCUT2D eigenvalue weighted by Crippen LogP contribution is -2.40. The molecule has 0 unspecified atom stereocenters. The van der Waals surface area contributed by atoms with E-state index in [1.165, 1.54) is 16.5 Å². The third kappa shape index (κ3) is 2.98. The third-order valence-corrected chi connectivity index (χ3v) is 4.08. The van der Waals surface area contributed by atoms with E-state index in [2.05, 4.69) is 55.1 Å². The van der Waals surface area contributed by atoms with Crippen LogP contribution in [0.5, 0.6) is 5.75 Å². The standard InChI is InChI=1S/C18H24N2O/c1-13(2)21-17-8-7-14-5-3-4-6-16(14)18(17)20-11-9-15(19)10-12-20/h3-8,13,15H,9-12,19H2,1-2H3. The van der Waals surface area contributed by atoms with Crippen LogP contribution in [0.25, 0.3) is 10.8 Å². The first-order valence-corrected chi connectivity index (χ1v) is 7.84. The number of hydrogen-bond acceptors (Lipinski definition) is 3. The lowest BCUT2D eigenvalue weighted by Gasteiger charge is -2.34. The van der Waals surface area contributed by atoms with Gasteiger partial charge in [-0.1, -0.05) is 30.3 Å². The summed E-state index contributed by atoms with van der Waals surface area (Å²) in [7, 11) is 0. The minimum atomic E-state index is 0.178. The summed E-state index contributed by atoms with van der Waals surface area (Å²) in [5.74, 6) is 0.985. The first-order valence-electron chi connectivity index (χ1n) is 7.84. The third-order valence-electron chi connectivity index (χ3n) is 4.08. The van der Waals surface area contributed by atoms with Crippen molar-refractivity contribution in [2.24, 2.45) is 5.73 Å². The Hall–Kier alpha value is -1.74. The Morgan fingerprint density at radius 3 is 2.52 bits per heavy atom. The van der Waals surface area contributed by atoms with Gasteiger partial charge in [-0.15, -0.1) is 0 Å². The van der Waals surface area contributed by atoms with Crippen LogP contribution in [-0.4, -0.2) is 25.2 Å². The summed E-state index contributed by atoms with van der Waals surface area (Å²) in [5.41, 5.74) is 7.28. The van der Waals surface area contributed by atoms with Crippen LogP contribution in [0.3, 0.4) is 0 Å².